The molecule has 0 radical (unpaired) electrons. The highest BCUT2D eigenvalue weighted by atomic mass is 19.1. The molecule has 0 bridgehead atoms. The van der Waals surface area contributed by atoms with Crippen molar-refractivity contribution in [2.24, 2.45) is 5.73 Å². The molecule has 7 heteroatoms. The van der Waals surface area contributed by atoms with E-state index in [1.165, 1.54) is 18.6 Å². The molecular formula is C20H23FN4O2. The second-order valence-corrected chi connectivity index (χ2v) is 7.04. The van der Waals surface area contributed by atoms with Crippen LogP contribution in [0.5, 0.6) is 5.75 Å². The largest absolute Gasteiger partial charge is 0.486 e. The van der Waals surface area contributed by atoms with E-state index in [0.717, 1.165) is 29.4 Å². The van der Waals surface area contributed by atoms with Gasteiger partial charge in [-0.15, -0.1) is 0 Å². The summed E-state index contributed by atoms with van der Waals surface area (Å²) in [5.41, 5.74) is 5.21. The third-order valence-corrected chi connectivity index (χ3v) is 5.06. The van der Waals surface area contributed by atoms with Crippen molar-refractivity contribution in [2.45, 2.75) is 44.4 Å². The van der Waals surface area contributed by atoms with Crippen LogP contribution >= 0.6 is 0 Å². The Labute approximate surface area is 156 Å². The van der Waals surface area contributed by atoms with Gasteiger partial charge in [0.15, 0.2) is 0 Å². The van der Waals surface area contributed by atoms with Crippen LogP contribution < -0.4 is 26.5 Å². The lowest BCUT2D eigenvalue weighted by molar-refractivity contribution is -0.117. The molecule has 0 aliphatic heterocycles. The number of hydrogen-bond acceptors (Lipinski definition) is 4. The number of rotatable bonds is 7. The van der Waals surface area contributed by atoms with E-state index in [1.54, 1.807) is 12.1 Å². The number of aromatic nitrogens is 2. The van der Waals surface area contributed by atoms with Gasteiger partial charge in [-0.2, -0.15) is 0 Å². The molecule has 1 aromatic carbocycles. The van der Waals surface area contributed by atoms with Crippen molar-refractivity contribution in [1.29, 1.82) is 0 Å². The summed E-state index contributed by atoms with van der Waals surface area (Å²) in [6.07, 6.45) is 8.24. The molecule has 4 rings (SSSR count). The monoisotopic (exact) mass is 370 g/mol. The first-order valence-electron chi connectivity index (χ1n) is 9.30. The third-order valence-electron chi connectivity index (χ3n) is 5.06. The molecule has 2 aliphatic rings. The summed E-state index contributed by atoms with van der Waals surface area (Å²) in [4.78, 5) is 15.7. The number of ether oxygens (including phenoxy) is 1. The summed E-state index contributed by atoms with van der Waals surface area (Å²) in [5, 5.41) is 5.08. The van der Waals surface area contributed by atoms with Gasteiger partial charge in [-0.05, 0) is 49.6 Å². The molecule has 1 saturated carbocycles. The van der Waals surface area contributed by atoms with Crippen molar-refractivity contribution in [2.75, 3.05) is 6.54 Å². The quantitative estimate of drug-likeness (QED) is 0.753. The van der Waals surface area contributed by atoms with Crippen LogP contribution in [0.2, 0.25) is 0 Å². The number of carbonyl (C=O) groups excluding carboxylic acids is 1. The van der Waals surface area contributed by atoms with E-state index in [9.17, 15) is 9.18 Å². The molecule has 3 N–H and O–H groups in total. The lowest BCUT2D eigenvalue weighted by Gasteiger charge is -2.29. The number of nitrogens with zero attached hydrogens (tertiary/aromatic N) is 2. The molecule has 1 aromatic heterocycles. The van der Waals surface area contributed by atoms with Crippen molar-refractivity contribution in [3.05, 3.63) is 46.6 Å². The number of imidazole rings is 1. The Morgan fingerprint density at radius 1 is 1.33 bits per heavy atom. The topological polar surface area (TPSA) is 82.2 Å². The second kappa shape index (κ2) is 7.52. The van der Waals surface area contributed by atoms with Crippen molar-refractivity contribution in [1.82, 2.24) is 14.9 Å². The molecule has 1 fully saturated rings. The lowest BCUT2D eigenvalue weighted by Crippen LogP contribution is -2.39. The lowest BCUT2D eigenvalue weighted by atomic mass is 9.92. The van der Waals surface area contributed by atoms with E-state index < -0.39 is 0 Å². The summed E-state index contributed by atoms with van der Waals surface area (Å²) in [7, 11) is 0. The van der Waals surface area contributed by atoms with Crippen LogP contribution in [0.25, 0.3) is 12.2 Å². The Balaban J connectivity index is 1.60. The van der Waals surface area contributed by atoms with E-state index in [4.69, 9.17) is 15.5 Å². The average Bonchev–Trinajstić information content (AvgIpc) is 2.93. The SMILES string of the molecule is NC(=O)CNCc1nc2c(n1C1CCC1)=CC(Oc1ccc(F)cc1)CC=2. The van der Waals surface area contributed by atoms with Gasteiger partial charge in [0.2, 0.25) is 5.91 Å². The molecule has 1 unspecified atom stereocenters. The number of nitrogens with one attached hydrogen (secondary N) is 1. The van der Waals surface area contributed by atoms with Crippen LogP contribution in [0.4, 0.5) is 4.39 Å². The number of hydrogen-bond donors (Lipinski definition) is 2. The summed E-state index contributed by atoms with van der Waals surface area (Å²) in [5.74, 6) is 0.904. The van der Waals surface area contributed by atoms with E-state index in [1.807, 2.05) is 0 Å². The Hall–Kier alpha value is -2.67. The Morgan fingerprint density at radius 3 is 2.78 bits per heavy atom. The summed E-state index contributed by atoms with van der Waals surface area (Å²) < 4.78 is 21.4. The minimum atomic E-state index is -0.382. The van der Waals surface area contributed by atoms with Crippen molar-refractivity contribution in [3.8, 4) is 5.75 Å². The maximum Gasteiger partial charge on any atom is 0.231 e. The molecule has 0 saturated heterocycles. The highest BCUT2D eigenvalue weighted by Gasteiger charge is 2.25. The zero-order valence-electron chi connectivity index (χ0n) is 15.0. The van der Waals surface area contributed by atoms with Crippen LogP contribution in [0.1, 0.15) is 37.5 Å². The molecule has 6 nitrogen and oxygen atoms in total. The van der Waals surface area contributed by atoms with Crippen LogP contribution in [-0.2, 0) is 11.3 Å². The molecule has 27 heavy (non-hydrogen) atoms. The van der Waals surface area contributed by atoms with Gasteiger partial charge in [0.25, 0.3) is 0 Å². The highest BCUT2D eigenvalue weighted by Crippen LogP contribution is 2.31. The number of primary amides is 1. The summed E-state index contributed by atoms with van der Waals surface area (Å²) in [6, 6.07) is 6.51. The van der Waals surface area contributed by atoms with E-state index in [2.05, 4.69) is 22.0 Å². The number of benzene rings is 1. The second-order valence-electron chi connectivity index (χ2n) is 7.04. The van der Waals surface area contributed by atoms with Gasteiger partial charge in [0.1, 0.15) is 23.5 Å². The van der Waals surface area contributed by atoms with Gasteiger partial charge >= 0.3 is 0 Å². The van der Waals surface area contributed by atoms with Gasteiger partial charge in [-0.3, -0.25) is 4.79 Å². The zero-order valence-corrected chi connectivity index (χ0v) is 15.0. The van der Waals surface area contributed by atoms with Crippen LogP contribution in [0, 0.1) is 5.82 Å². The fourth-order valence-corrected chi connectivity index (χ4v) is 3.55. The number of carbonyl (C=O) groups is 1. The Morgan fingerprint density at radius 2 is 2.11 bits per heavy atom. The average molecular weight is 370 g/mol. The molecule has 1 atom stereocenters. The third kappa shape index (κ3) is 3.88. The highest BCUT2D eigenvalue weighted by molar-refractivity contribution is 5.75. The summed E-state index contributed by atoms with van der Waals surface area (Å²) >= 11 is 0. The smallest absolute Gasteiger partial charge is 0.231 e. The molecule has 2 aliphatic carbocycles. The van der Waals surface area contributed by atoms with Crippen molar-refractivity contribution >= 4 is 18.1 Å². The first-order valence-corrected chi connectivity index (χ1v) is 9.30. The van der Waals surface area contributed by atoms with Gasteiger partial charge < -0.3 is 20.4 Å². The molecule has 1 heterocycles. The van der Waals surface area contributed by atoms with Crippen LogP contribution in [-0.4, -0.2) is 28.1 Å². The zero-order chi connectivity index (χ0) is 18.8. The number of fused-ring (bicyclic) bond motifs is 1. The molecule has 2 aromatic rings. The van der Waals surface area contributed by atoms with E-state index in [-0.39, 0.29) is 24.4 Å². The van der Waals surface area contributed by atoms with Crippen molar-refractivity contribution in [3.63, 3.8) is 0 Å². The first kappa shape index (κ1) is 17.7. The van der Waals surface area contributed by atoms with Crippen LogP contribution in [0.3, 0.4) is 0 Å². The number of amides is 1. The Bertz CT molecular complexity index is 948. The predicted octanol–water partition coefficient (Wildman–Crippen LogP) is 0.734. The normalized spacial score (nSPS) is 18.8. The van der Waals surface area contributed by atoms with Gasteiger partial charge in [0.05, 0.1) is 23.8 Å². The van der Waals surface area contributed by atoms with E-state index in [0.29, 0.717) is 24.8 Å². The standard InChI is InChI=1S/C20H23FN4O2/c21-13-4-6-15(7-5-13)27-16-8-9-17-18(10-16)25(14-2-1-3-14)20(24-17)12-23-11-19(22)26/h4-7,9-10,14,16,23H,1-3,8,11-12H2,(H2,22,26). The molecular weight excluding hydrogens is 347 g/mol. The van der Waals surface area contributed by atoms with Crippen molar-refractivity contribution < 1.29 is 13.9 Å². The van der Waals surface area contributed by atoms with Gasteiger partial charge in [-0.1, -0.05) is 6.08 Å². The minimum absolute atomic E-state index is 0.120. The first-order chi connectivity index (χ1) is 13.1. The molecule has 1 amide bonds. The summed E-state index contributed by atoms with van der Waals surface area (Å²) in [6.45, 7) is 0.629. The van der Waals surface area contributed by atoms with Crippen LogP contribution in [0.15, 0.2) is 24.3 Å². The molecule has 142 valence electrons. The maximum atomic E-state index is 13.1. The number of halogens is 1. The fourth-order valence-electron chi connectivity index (χ4n) is 3.55. The maximum absolute atomic E-state index is 13.1. The van der Waals surface area contributed by atoms with E-state index >= 15 is 0 Å². The van der Waals surface area contributed by atoms with Gasteiger partial charge in [0, 0.05) is 12.5 Å². The molecule has 0 spiro atoms. The minimum Gasteiger partial charge on any atom is -0.486 e. The van der Waals surface area contributed by atoms with Gasteiger partial charge in [-0.25, -0.2) is 9.37 Å². The fraction of sp³-hybridized carbons (Fsp3) is 0.400. The number of nitrogens with two attached hydrogens (primary N) is 1. The Kier molecular flexibility index (Phi) is 4.94. The predicted molar refractivity (Wildman–Crippen MR) is 99.6 cm³/mol.